The standard InChI is InChI=1S/C14H13NO2.C7H6O/c15-14(16)12-7-4-8-13(9-12)17-10-11-5-2-1-3-6-11;1-3-7-4-2-6(1)5-8-7/h1-9H,10H2,(H2,15,16);1-4H,5H2. The zero-order valence-electron chi connectivity index (χ0n) is 13.7. The predicted octanol–water partition coefficient (Wildman–Crippen LogP) is 3.94. The molecule has 0 fully saturated rings. The van der Waals surface area contributed by atoms with Gasteiger partial charge in [-0.2, -0.15) is 0 Å². The number of benzene rings is 3. The van der Waals surface area contributed by atoms with Gasteiger partial charge in [-0.05, 0) is 41.5 Å². The first-order valence-electron chi connectivity index (χ1n) is 7.99. The summed E-state index contributed by atoms with van der Waals surface area (Å²) in [5, 5.41) is 0. The van der Waals surface area contributed by atoms with Crippen LogP contribution in [0.15, 0.2) is 78.9 Å². The van der Waals surface area contributed by atoms with Crippen LogP contribution in [0.2, 0.25) is 0 Å². The van der Waals surface area contributed by atoms with E-state index in [1.165, 1.54) is 5.56 Å². The molecule has 0 atom stereocenters. The summed E-state index contributed by atoms with van der Waals surface area (Å²) >= 11 is 0. The van der Waals surface area contributed by atoms with Gasteiger partial charge in [-0.15, -0.1) is 0 Å². The Kier molecular flexibility index (Phi) is 5.32. The molecule has 2 heterocycles. The van der Waals surface area contributed by atoms with Crippen LogP contribution in [-0.4, -0.2) is 5.91 Å². The molecule has 25 heavy (non-hydrogen) atoms. The van der Waals surface area contributed by atoms with Crippen molar-refractivity contribution < 1.29 is 14.3 Å². The topological polar surface area (TPSA) is 61.6 Å². The Morgan fingerprint density at radius 2 is 1.72 bits per heavy atom. The number of ether oxygens (including phenoxy) is 2. The number of hydrogen-bond acceptors (Lipinski definition) is 3. The molecule has 1 amide bonds. The van der Waals surface area contributed by atoms with Crippen molar-refractivity contribution in [3.63, 3.8) is 0 Å². The molecule has 0 spiro atoms. The molecule has 3 aromatic carbocycles. The number of fused-ring (bicyclic) bond motifs is 3. The third-order valence-corrected chi connectivity index (χ3v) is 3.70. The monoisotopic (exact) mass is 333 g/mol. The normalized spacial score (nSPS) is 11.0. The van der Waals surface area contributed by atoms with Crippen LogP contribution < -0.4 is 15.2 Å². The lowest BCUT2D eigenvalue weighted by atomic mass is 10.2. The summed E-state index contributed by atoms with van der Waals surface area (Å²) in [5.41, 5.74) is 7.99. The second-order valence-electron chi connectivity index (χ2n) is 5.60. The van der Waals surface area contributed by atoms with Gasteiger partial charge in [-0.25, -0.2) is 0 Å². The van der Waals surface area contributed by atoms with Crippen LogP contribution in [0.1, 0.15) is 21.5 Å². The van der Waals surface area contributed by atoms with Crippen LogP contribution in [-0.2, 0) is 13.2 Å². The second kappa shape index (κ2) is 8.02. The van der Waals surface area contributed by atoms with Crippen LogP contribution in [0, 0.1) is 0 Å². The highest BCUT2D eigenvalue weighted by Gasteiger charge is 2.02. The van der Waals surface area contributed by atoms with Gasteiger partial charge in [-0.1, -0.05) is 48.5 Å². The first-order valence-corrected chi connectivity index (χ1v) is 7.99. The zero-order chi connectivity index (χ0) is 17.5. The fourth-order valence-corrected chi connectivity index (χ4v) is 2.33. The van der Waals surface area contributed by atoms with E-state index in [1.54, 1.807) is 24.3 Å². The van der Waals surface area contributed by atoms with Crippen LogP contribution in [0.25, 0.3) is 0 Å². The highest BCUT2D eigenvalue weighted by molar-refractivity contribution is 5.93. The number of rotatable bonds is 4. The Balaban J connectivity index is 0.000000188. The maximum Gasteiger partial charge on any atom is 0.248 e. The number of amides is 1. The summed E-state index contributed by atoms with van der Waals surface area (Å²) in [7, 11) is 0. The van der Waals surface area contributed by atoms with Gasteiger partial charge in [0.2, 0.25) is 5.91 Å². The molecule has 0 aliphatic carbocycles. The molecule has 5 rings (SSSR count). The zero-order valence-corrected chi connectivity index (χ0v) is 13.7. The number of nitrogens with two attached hydrogens (primary N) is 1. The Morgan fingerprint density at radius 1 is 0.960 bits per heavy atom. The van der Waals surface area contributed by atoms with E-state index in [4.69, 9.17) is 15.2 Å². The molecule has 126 valence electrons. The summed E-state index contributed by atoms with van der Waals surface area (Å²) in [6.07, 6.45) is 0. The quantitative estimate of drug-likeness (QED) is 0.786. The molecular formula is C21H19NO3. The minimum absolute atomic E-state index is 0.449. The number of primary amides is 1. The summed E-state index contributed by atoms with van der Waals surface area (Å²) in [6.45, 7) is 1.24. The van der Waals surface area contributed by atoms with Gasteiger partial charge in [0.1, 0.15) is 24.7 Å². The van der Waals surface area contributed by atoms with Gasteiger partial charge in [0.05, 0.1) is 0 Å². The first kappa shape index (κ1) is 16.6. The maximum atomic E-state index is 11.0. The molecule has 2 aliphatic heterocycles. The van der Waals surface area contributed by atoms with Crippen molar-refractivity contribution in [3.05, 3.63) is 95.6 Å². The van der Waals surface area contributed by atoms with Crippen LogP contribution >= 0.6 is 0 Å². The summed E-state index contributed by atoms with van der Waals surface area (Å²) < 4.78 is 10.8. The first-order chi connectivity index (χ1) is 12.2. The Hall–Kier alpha value is -3.27. The van der Waals surface area contributed by atoms with Gasteiger partial charge in [-0.3, -0.25) is 4.79 Å². The smallest absolute Gasteiger partial charge is 0.248 e. The molecule has 0 radical (unpaired) electrons. The van der Waals surface area contributed by atoms with Gasteiger partial charge in [0.15, 0.2) is 0 Å². The minimum Gasteiger partial charge on any atom is -0.489 e. The van der Waals surface area contributed by atoms with Crippen LogP contribution in [0.5, 0.6) is 11.5 Å². The van der Waals surface area contributed by atoms with E-state index in [9.17, 15) is 4.79 Å². The van der Waals surface area contributed by atoms with Crippen LogP contribution in [0.4, 0.5) is 0 Å². The van der Waals surface area contributed by atoms with E-state index >= 15 is 0 Å². The molecular weight excluding hydrogens is 314 g/mol. The fourth-order valence-electron chi connectivity index (χ4n) is 2.33. The number of carbonyl (C=O) groups is 1. The SMILES string of the molecule is NC(=O)c1cccc(OCc2ccccc2)c1.c1cc2ccc1CO2. The van der Waals surface area contributed by atoms with Crippen molar-refractivity contribution in [1.29, 1.82) is 0 Å². The lowest BCUT2D eigenvalue weighted by molar-refractivity contribution is 0.1000. The Bertz CT molecular complexity index is 806. The minimum atomic E-state index is -0.449. The average molecular weight is 333 g/mol. The second-order valence-corrected chi connectivity index (χ2v) is 5.60. The molecule has 2 aliphatic rings. The van der Waals surface area contributed by atoms with E-state index in [1.807, 2.05) is 42.5 Å². The molecule has 0 aromatic heterocycles. The van der Waals surface area contributed by atoms with Gasteiger partial charge >= 0.3 is 0 Å². The number of hydrogen-bond donors (Lipinski definition) is 1. The number of carbonyl (C=O) groups excluding carboxylic acids is 1. The van der Waals surface area contributed by atoms with E-state index in [2.05, 4.69) is 12.1 Å². The maximum absolute atomic E-state index is 11.0. The van der Waals surface area contributed by atoms with Gasteiger partial charge < -0.3 is 15.2 Å². The van der Waals surface area contributed by atoms with Gasteiger partial charge in [0, 0.05) is 5.56 Å². The van der Waals surface area contributed by atoms with Crippen molar-refractivity contribution >= 4 is 5.91 Å². The third-order valence-electron chi connectivity index (χ3n) is 3.70. The molecule has 4 nitrogen and oxygen atoms in total. The van der Waals surface area contributed by atoms with Crippen molar-refractivity contribution in [3.8, 4) is 11.5 Å². The van der Waals surface area contributed by atoms with Crippen molar-refractivity contribution in [1.82, 2.24) is 0 Å². The molecule has 2 bridgehead atoms. The van der Waals surface area contributed by atoms with Crippen molar-refractivity contribution in [2.75, 3.05) is 0 Å². The summed E-state index contributed by atoms with van der Waals surface area (Å²) in [4.78, 5) is 11.0. The lowest BCUT2D eigenvalue weighted by Crippen LogP contribution is -2.10. The molecule has 0 saturated carbocycles. The third kappa shape index (κ3) is 4.85. The highest BCUT2D eigenvalue weighted by atomic mass is 16.5. The Morgan fingerprint density at radius 3 is 2.24 bits per heavy atom. The van der Waals surface area contributed by atoms with Crippen molar-refractivity contribution in [2.45, 2.75) is 13.2 Å². The fraction of sp³-hybridized carbons (Fsp3) is 0.0952. The van der Waals surface area contributed by atoms with Gasteiger partial charge in [0.25, 0.3) is 0 Å². The van der Waals surface area contributed by atoms with E-state index in [0.717, 1.165) is 17.9 Å². The van der Waals surface area contributed by atoms with Crippen LogP contribution in [0.3, 0.4) is 0 Å². The Labute approximate surface area is 146 Å². The summed E-state index contributed by atoms with van der Waals surface area (Å²) in [5.74, 6) is 1.18. The summed E-state index contributed by atoms with van der Waals surface area (Å²) in [6, 6.07) is 24.8. The average Bonchev–Trinajstić information content (AvgIpc) is 2.69. The highest BCUT2D eigenvalue weighted by Crippen LogP contribution is 2.19. The lowest BCUT2D eigenvalue weighted by Gasteiger charge is -2.11. The molecule has 2 N–H and O–H groups in total. The molecule has 0 saturated heterocycles. The van der Waals surface area contributed by atoms with E-state index in [0.29, 0.717) is 17.9 Å². The molecule has 3 aromatic rings. The largest absolute Gasteiger partial charge is 0.489 e. The van der Waals surface area contributed by atoms with Crippen molar-refractivity contribution in [2.24, 2.45) is 5.73 Å². The molecule has 0 unspecified atom stereocenters. The van der Waals surface area contributed by atoms with E-state index in [-0.39, 0.29) is 0 Å². The molecule has 4 heteroatoms. The predicted molar refractivity (Wildman–Crippen MR) is 96.5 cm³/mol. The van der Waals surface area contributed by atoms with E-state index < -0.39 is 5.91 Å².